The second kappa shape index (κ2) is 8.67. The van der Waals surface area contributed by atoms with Gasteiger partial charge in [-0.2, -0.15) is 5.26 Å². The molecule has 158 valence electrons. The Hall–Kier alpha value is -4.19. The number of H-pyrrole nitrogens is 1. The molecule has 1 aliphatic rings. The summed E-state index contributed by atoms with van der Waals surface area (Å²) in [7, 11) is 0. The van der Waals surface area contributed by atoms with Gasteiger partial charge in [-0.3, -0.25) is 4.79 Å². The summed E-state index contributed by atoms with van der Waals surface area (Å²) in [6, 6.07) is 11.2. The number of carbonyl (C=O) groups excluding carboxylic acids is 2. The summed E-state index contributed by atoms with van der Waals surface area (Å²) in [5.41, 5.74) is 2.29. The van der Waals surface area contributed by atoms with Gasteiger partial charge in [-0.1, -0.05) is 18.2 Å². The van der Waals surface area contributed by atoms with Gasteiger partial charge >= 0.3 is 6.03 Å². The molecule has 3 amide bonds. The van der Waals surface area contributed by atoms with Gasteiger partial charge in [-0.25, -0.2) is 9.69 Å². The van der Waals surface area contributed by atoms with Gasteiger partial charge in [-0.15, -0.1) is 0 Å². The molecule has 0 saturated carbocycles. The number of aromatic nitrogens is 1. The number of likely N-dealkylation sites (N-methyl/N-ethyl adjacent to an activating group) is 1. The number of benzene rings is 2. The molecule has 1 atom stereocenters. The quantitative estimate of drug-likeness (QED) is 0.419. The molecule has 0 spiro atoms. The maximum absolute atomic E-state index is 12.9. The minimum atomic E-state index is -0.923. The number of nitrogens with one attached hydrogen (secondary N) is 3. The van der Waals surface area contributed by atoms with Crippen LogP contribution in [0.1, 0.15) is 12.5 Å². The van der Waals surface area contributed by atoms with E-state index in [1.165, 1.54) is 0 Å². The third-order valence-corrected chi connectivity index (χ3v) is 5.04. The van der Waals surface area contributed by atoms with Gasteiger partial charge in [0.2, 0.25) is 6.79 Å². The molecular weight excluding hydrogens is 398 g/mol. The summed E-state index contributed by atoms with van der Waals surface area (Å²) in [5, 5.41) is 15.7. The standard InChI is InChI=1S/C22H21N5O4/c1-2-27(12-23)21(28)18(9-14-11-24-17-6-4-3-5-16(14)17)26-22(29)25-15-7-8-19-20(10-15)31-13-30-19/h3-8,10-11,18,24H,2,9,13H2,1H3,(H2,25,26,29). The zero-order valence-electron chi connectivity index (χ0n) is 16.8. The van der Waals surface area contributed by atoms with Crippen molar-refractivity contribution >= 4 is 28.5 Å². The van der Waals surface area contributed by atoms with Crippen molar-refractivity contribution in [2.24, 2.45) is 0 Å². The first-order chi connectivity index (χ1) is 15.1. The highest BCUT2D eigenvalue weighted by Crippen LogP contribution is 2.34. The van der Waals surface area contributed by atoms with Gasteiger partial charge in [0.05, 0.1) is 0 Å². The summed E-state index contributed by atoms with van der Waals surface area (Å²) in [4.78, 5) is 29.8. The van der Waals surface area contributed by atoms with Crippen LogP contribution in [0.3, 0.4) is 0 Å². The second-order valence-electron chi connectivity index (χ2n) is 6.97. The van der Waals surface area contributed by atoms with Crippen molar-refractivity contribution in [3.8, 4) is 17.7 Å². The average molecular weight is 419 g/mol. The van der Waals surface area contributed by atoms with Crippen LogP contribution in [0.25, 0.3) is 10.9 Å². The Balaban J connectivity index is 1.53. The molecule has 1 unspecified atom stereocenters. The fraction of sp³-hybridized carbons (Fsp3) is 0.227. The zero-order valence-corrected chi connectivity index (χ0v) is 16.8. The molecule has 2 heterocycles. The molecule has 3 N–H and O–H groups in total. The third-order valence-electron chi connectivity index (χ3n) is 5.04. The number of para-hydroxylation sites is 1. The lowest BCUT2D eigenvalue weighted by atomic mass is 10.0. The number of hydrogen-bond acceptors (Lipinski definition) is 5. The highest BCUT2D eigenvalue weighted by molar-refractivity contribution is 5.95. The number of carbonyl (C=O) groups is 2. The lowest BCUT2D eigenvalue weighted by molar-refractivity contribution is -0.129. The molecule has 0 bridgehead atoms. The molecule has 9 nitrogen and oxygen atoms in total. The van der Waals surface area contributed by atoms with Crippen molar-refractivity contribution in [2.75, 3.05) is 18.7 Å². The van der Waals surface area contributed by atoms with Crippen molar-refractivity contribution in [1.29, 1.82) is 5.26 Å². The first kappa shape index (κ1) is 20.1. The molecule has 0 saturated heterocycles. The predicted molar refractivity (Wildman–Crippen MR) is 114 cm³/mol. The van der Waals surface area contributed by atoms with Gasteiger partial charge in [0.1, 0.15) is 6.04 Å². The number of ether oxygens (including phenoxy) is 2. The van der Waals surface area contributed by atoms with Gasteiger partial charge in [-0.05, 0) is 30.7 Å². The summed E-state index contributed by atoms with van der Waals surface area (Å²) in [6.07, 6.45) is 3.92. The van der Waals surface area contributed by atoms with Crippen molar-refractivity contribution in [1.82, 2.24) is 15.2 Å². The average Bonchev–Trinajstić information content (AvgIpc) is 3.41. The smallest absolute Gasteiger partial charge is 0.319 e. The monoisotopic (exact) mass is 419 g/mol. The molecule has 1 aliphatic heterocycles. The largest absolute Gasteiger partial charge is 0.454 e. The fourth-order valence-electron chi connectivity index (χ4n) is 3.48. The van der Waals surface area contributed by atoms with Crippen LogP contribution >= 0.6 is 0 Å². The Morgan fingerprint density at radius 3 is 2.84 bits per heavy atom. The van der Waals surface area contributed by atoms with Gasteiger partial charge < -0.3 is 25.1 Å². The highest BCUT2D eigenvalue weighted by atomic mass is 16.7. The number of nitrogens with zero attached hydrogens (tertiary/aromatic N) is 2. The Bertz CT molecular complexity index is 1170. The van der Waals surface area contributed by atoms with Gasteiger partial charge in [0.25, 0.3) is 5.91 Å². The molecule has 1 aromatic heterocycles. The van der Waals surface area contributed by atoms with Crippen molar-refractivity contribution in [3.63, 3.8) is 0 Å². The van der Waals surface area contributed by atoms with Gasteiger partial charge in [0, 0.05) is 41.8 Å². The number of rotatable bonds is 6. The zero-order chi connectivity index (χ0) is 21.8. The number of nitriles is 1. The molecule has 4 rings (SSSR count). The molecule has 0 radical (unpaired) electrons. The van der Waals surface area contributed by atoms with E-state index >= 15 is 0 Å². The van der Waals surface area contributed by atoms with E-state index in [9.17, 15) is 14.9 Å². The molecule has 0 fully saturated rings. The molecule has 2 aromatic carbocycles. The highest BCUT2D eigenvalue weighted by Gasteiger charge is 2.27. The van der Waals surface area contributed by atoms with E-state index < -0.39 is 18.0 Å². The fourth-order valence-corrected chi connectivity index (χ4v) is 3.48. The summed E-state index contributed by atoms with van der Waals surface area (Å²) >= 11 is 0. The Kier molecular flexibility index (Phi) is 5.62. The number of anilines is 1. The molecular formula is C22H21N5O4. The van der Waals surface area contributed by atoms with Crippen LogP contribution in [0.4, 0.5) is 10.5 Å². The molecule has 31 heavy (non-hydrogen) atoms. The number of amides is 3. The van der Waals surface area contributed by atoms with Crippen LogP contribution in [0, 0.1) is 11.5 Å². The maximum atomic E-state index is 12.9. The van der Waals surface area contributed by atoms with Crippen molar-refractivity contribution in [3.05, 3.63) is 54.2 Å². The first-order valence-corrected chi connectivity index (χ1v) is 9.82. The number of fused-ring (bicyclic) bond motifs is 2. The van der Waals surface area contributed by atoms with Crippen molar-refractivity contribution < 1.29 is 19.1 Å². The van der Waals surface area contributed by atoms with Crippen LogP contribution < -0.4 is 20.1 Å². The van der Waals surface area contributed by atoms with Gasteiger partial charge in [0.15, 0.2) is 17.7 Å². The van der Waals surface area contributed by atoms with E-state index in [2.05, 4.69) is 15.6 Å². The van der Waals surface area contributed by atoms with Crippen LogP contribution in [0.5, 0.6) is 11.5 Å². The van der Waals surface area contributed by atoms with Crippen LogP contribution in [0.15, 0.2) is 48.7 Å². The lowest BCUT2D eigenvalue weighted by Crippen LogP contribution is -2.49. The maximum Gasteiger partial charge on any atom is 0.319 e. The third kappa shape index (κ3) is 4.23. The summed E-state index contributed by atoms with van der Waals surface area (Å²) < 4.78 is 10.6. The van der Waals surface area contributed by atoms with E-state index in [0.29, 0.717) is 17.2 Å². The van der Waals surface area contributed by atoms with E-state index in [0.717, 1.165) is 21.4 Å². The first-order valence-electron chi connectivity index (χ1n) is 9.82. The molecule has 0 aliphatic carbocycles. The Labute approximate surface area is 178 Å². The van der Waals surface area contributed by atoms with E-state index in [1.807, 2.05) is 36.7 Å². The molecule has 3 aromatic rings. The predicted octanol–water partition coefficient (Wildman–Crippen LogP) is 2.96. The van der Waals surface area contributed by atoms with E-state index in [4.69, 9.17) is 9.47 Å². The summed E-state index contributed by atoms with van der Waals surface area (Å²) in [6.45, 7) is 2.05. The lowest BCUT2D eigenvalue weighted by Gasteiger charge is -2.22. The Morgan fingerprint density at radius 1 is 1.23 bits per heavy atom. The number of hydrogen-bond donors (Lipinski definition) is 3. The van der Waals surface area contributed by atoms with Crippen molar-refractivity contribution in [2.45, 2.75) is 19.4 Å². The van der Waals surface area contributed by atoms with E-state index in [1.54, 1.807) is 25.1 Å². The minimum absolute atomic E-state index is 0.132. The number of urea groups is 1. The topological polar surface area (TPSA) is 119 Å². The van der Waals surface area contributed by atoms with Crippen LogP contribution in [-0.2, 0) is 11.2 Å². The second-order valence-corrected chi connectivity index (χ2v) is 6.97. The molecule has 9 heteroatoms. The number of aromatic amines is 1. The Morgan fingerprint density at radius 2 is 2.03 bits per heavy atom. The normalized spacial score (nSPS) is 12.8. The minimum Gasteiger partial charge on any atom is -0.454 e. The SMILES string of the molecule is CCN(C#N)C(=O)C(Cc1c[nH]c2ccccc12)NC(=O)Nc1ccc2c(c1)OCO2. The van der Waals surface area contributed by atoms with E-state index in [-0.39, 0.29) is 19.8 Å². The van der Waals surface area contributed by atoms with Crippen LogP contribution in [0.2, 0.25) is 0 Å². The van der Waals surface area contributed by atoms with Crippen LogP contribution in [-0.4, -0.2) is 41.2 Å². The summed E-state index contributed by atoms with van der Waals surface area (Å²) in [5.74, 6) is 0.660.